The van der Waals surface area contributed by atoms with Crippen molar-refractivity contribution in [1.82, 2.24) is 0 Å². The second kappa shape index (κ2) is 12.5. The molecule has 1 aromatic carbocycles. The van der Waals surface area contributed by atoms with Crippen LogP contribution >= 0.6 is 0 Å². The molecule has 0 amide bonds. The Hall–Kier alpha value is -2.37. The zero-order valence-corrected chi connectivity index (χ0v) is 19.6. The average Bonchev–Trinajstić information content (AvgIpc) is 2.75. The van der Waals surface area contributed by atoms with E-state index in [1.807, 2.05) is 0 Å². The summed E-state index contributed by atoms with van der Waals surface area (Å²) >= 11 is 0. The molecule has 0 aliphatic heterocycles. The van der Waals surface area contributed by atoms with Crippen LogP contribution in [0.3, 0.4) is 0 Å². The number of carbonyl (C=O) groups excluding carboxylic acids is 1. The summed E-state index contributed by atoms with van der Waals surface area (Å²) < 4.78 is 16.4. The third-order valence-electron chi connectivity index (χ3n) is 5.41. The number of anilines is 1. The molecule has 0 unspecified atom stereocenters. The van der Waals surface area contributed by atoms with Gasteiger partial charge in [0.25, 0.3) is 0 Å². The van der Waals surface area contributed by atoms with Crippen LogP contribution in [-0.4, -0.2) is 53.4 Å². The fraction of sp³-hybridized carbons (Fsp3) is 0.500. The quantitative estimate of drug-likeness (QED) is 0.266. The van der Waals surface area contributed by atoms with E-state index in [9.17, 15) is 4.79 Å². The van der Waals surface area contributed by atoms with Crippen LogP contribution in [0.25, 0.3) is 6.08 Å². The lowest BCUT2D eigenvalue weighted by atomic mass is 9.74. The van der Waals surface area contributed by atoms with Crippen LogP contribution in [0.2, 0.25) is 0 Å². The molecule has 170 valence electrons. The first-order chi connectivity index (χ1) is 14.9. The molecule has 0 atom stereocenters. The lowest BCUT2D eigenvalue weighted by Crippen LogP contribution is -2.26. The average molecular weight is 428 g/mol. The summed E-state index contributed by atoms with van der Waals surface area (Å²) in [6.07, 6.45) is 8.42. The molecular formula is C26H37NO4. The molecule has 0 heterocycles. The number of carbonyl (C=O) groups is 1. The molecule has 0 saturated heterocycles. The van der Waals surface area contributed by atoms with Crippen molar-refractivity contribution in [3.05, 3.63) is 58.9 Å². The van der Waals surface area contributed by atoms with Crippen molar-refractivity contribution in [2.24, 2.45) is 5.41 Å². The predicted octanol–water partition coefficient (Wildman–Crippen LogP) is 5.03. The molecular weight excluding hydrogens is 390 g/mol. The minimum atomic E-state index is 0.0649. The lowest BCUT2D eigenvalue weighted by molar-refractivity contribution is -0.104. The number of hydrogen-bond donors (Lipinski definition) is 0. The molecule has 2 rings (SSSR count). The van der Waals surface area contributed by atoms with Crippen LogP contribution in [0.4, 0.5) is 5.69 Å². The van der Waals surface area contributed by atoms with Crippen molar-refractivity contribution < 1.29 is 19.0 Å². The highest BCUT2D eigenvalue weighted by molar-refractivity contribution is 5.69. The van der Waals surface area contributed by atoms with E-state index in [0.717, 1.165) is 54.7 Å². The maximum Gasteiger partial charge on any atom is 0.143 e. The minimum Gasteiger partial charge on any atom is -0.491 e. The van der Waals surface area contributed by atoms with Gasteiger partial charge in [-0.05, 0) is 60.1 Å². The van der Waals surface area contributed by atoms with Crippen molar-refractivity contribution >= 4 is 18.0 Å². The number of methoxy groups -OCH3 is 2. The zero-order valence-electron chi connectivity index (χ0n) is 19.6. The SMILES string of the molecule is CCN(CCOC)c1ccc(/C=C/C2=C(OCCOC)C(=C/C=O)/CC(C)(C)C2)cc1. The molecule has 1 aliphatic carbocycles. The number of nitrogens with zero attached hydrogens (tertiary/aromatic N) is 1. The molecule has 0 aromatic heterocycles. The van der Waals surface area contributed by atoms with Gasteiger partial charge in [-0.15, -0.1) is 0 Å². The summed E-state index contributed by atoms with van der Waals surface area (Å²) in [5.41, 5.74) is 4.44. The van der Waals surface area contributed by atoms with Crippen molar-refractivity contribution in [2.75, 3.05) is 52.0 Å². The third-order valence-corrected chi connectivity index (χ3v) is 5.41. The van der Waals surface area contributed by atoms with Crippen LogP contribution in [0.15, 0.2) is 53.3 Å². The summed E-state index contributed by atoms with van der Waals surface area (Å²) in [6, 6.07) is 8.55. The van der Waals surface area contributed by atoms with E-state index in [1.165, 1.54) is 5.69 Å². The maximum absolute atomic E-state index is 11.2. The number of ether oxygens (including phenoxy) is 3. The standard InChI is InChI=1S/C26H37NO4/c1-6-27(14-16-29-4)24-11-8-21(9-12-24)7-10-22-19-26(2,3)20-23(13-15-28)25(22)31-18-17-30-5/h7-13,15H,6,14,16-20H2,1-5H3/b10-7+,23-13+. The van der Waals surface area contributed by atoms with Crippen molar-refractivity contribution in [3.63, 3.8) is 0 Å². The fourth-order valence-corrected chi connectivity index (χ4v) is 3.89. The normalized spacial score (nSPS) is 17.4. The molecule has 0 saturated carbocycles. The highest BCUT2D eigenvalue weighted by atomic mass is 16.5. The number of hydrogen-bond acceptors (Lipinski definition) is 5. The highest BCUT2D eigenvalue weighted by Crippen LogP contribution is 2.42. The summed E-state index contributed by atoms with van der Waals surface area (Å²) in [4.78, 5) is 13.5. The van der Waals surface area contributed by atoms with Crippen molar-refractivity contribution in [3.8, 4) is 0 Å². The van der Waals surface area contributed by atoms with E-state index < -0.39 is 0 Å². The van der Waals surface area contributed by atoms with Gasteiger partial charge < -0.3 is 19.1 Å². The molecule has 5 heteroatoms. The van der Waals surface area contributed by atoms with E-state index in [2.05, 4.69) is 62.1 Å². The lowest BCUT2D eigenvalue weighted by Gasteiger charge is -2.33. The number of aldehydes is 1. The summed E-state index contributed by atoms with van der Waals surface area (Å²) in [5, 5.41) is 0. The van der Waals surface area contributed by atoms with E-state index in [0.29, 0.717) is 19.8 Å². The van der Waals surface area contributed by atoms with Crippen LogP contribution in [-0.2, 0) is 19.0 Å². The first-order valence-electron chi connectivity index (χ1n) is 11.0. The van der Waals surface area contributed by atoms with E-state index in [1.54, 1.807) is 20.3 Å². The van der Waals surface area contributed by atoms with Gasteiger partial charge in [-0.25, -0.2) is 0 Å². The number of allylic oxidation sites excluding steroid dienone is 4. The highest BCUT2D eigenvalue weighted by Gasteiger charge is 2.30. The monoisotopic (exact) mass is 427 g/mol. The molecule has 1 aromatic rings. The first-order valence-corrected chi connectivity index (χ1v) is 11.0. The number of likely N-dealkylation sites (N-methyl/N-ethyl adjacent to an activating group) is 1. The van der Waals surface area contributed by atoms with Gasteiger partial charge in [-0.1, -0.05) is 38.1 Å². The Morgan fingerprint density at radius 3 is 2.32 bits per heavy atom. The minimum absolute atomic E-state index is 0.0649. The molecule has 31 heavy (non-hydrogen) atoms. The topological polar surface area (TPSA) is 48.0 Å². The smallest absolute Gasteiger partial charge is 0.143 e. The van der Waals surface area contributed by atoms with Gasteiger partial charge in [-0.2, -0.15) is 0 Å². The molecule has 5 nitrogen and oxygen atoms in total. The maximum atomic E-state index is 11.2. The fourth-order valence-electron chi connectivity index (χ4n) is 3.89. The molecule has 1 aliphatic rings. The summed E-state index contributed by atoms with van der Waals surface area (Å²) in [7, 11) is 3.38. The number of benzene rings is 1. The van der Waals surface area contributed by atoms with Gasteiger partial charge in [0, 0.05) is 33.0 Å². The largest absolute Gasteiger partial charge is 0.491 e. The van der Waals surface area contributed by atoms with Crippen molar-refractivity contribution in [1.29, 1.82) is 0 Å². The van der Waals surface area contributed by atoms with Crippen LogP contribution in [0.5, 0.6) is 0 Å². The summed E-state index contributed by atoms with van der Waals surface area (Å²) in [6.45, 7) is 10.1. The van der Waals surface area contributed by atoms with E-state index in [-0.39, 0.29) is 5.41 Å². The van der Waals surface area contributed by atoms with E-state index >= 15 is 0 Å². The van der Waals surface area contributed by atoms with Gasteiger partial charge >= 0.3 is 0 Å². The van der Waals surface area contributed by atoms with Crippen LogP contribution < -0.4 is 4.90 Å². The number of rotatable bonds is 12. The van der Waals surface area contributed by atoms with Gasteiger partial charge in [0.15, 0.2) is 0 Å². The predicted molar refractivity (Wildman–Crippen MR) is 127 cm³/mol. The molecule has 0 bridgehead atoms. The van der Waals surface area contributed by atoms with Crippen LogP contribution in [0, 0.1) is 5.41 Å². The van der Waals surface area contributed by atoms with Gasteiger partial charge in [0.1, 0.15) is 18.7 Å². The molecule has 0 N–H and O–H groups in total. The second-order valence-electron chi connectivity index (χ2n) is 8.54. The molecule has 0 fully saturated rings. The first kappa shape index (κ1) is 24.9. The Bertz CT molecular complexity index is 790. The van der Waals surface area contributed by atoms with Crippen molar-refractivity contribution in [2.45, 2.75) is 33.6 Å². The van der Waals surface area contributed by atoms with Gasteiger partial charge in [-0.3, -0.25) is 4.79 Å². The Balaban J connectivity index is 2.27. The van der Waals surface area contributed by atoms with Gasteiger partial charge in [0.05, 0.1) is 13.2 Å². The Morgan fingerprint density at radius 1 is 1.00 bits per heavy atom. The Morgan fingerprint density at radius 2 is 1.71 bits per heavy atom. The van der Waals surface area contributed by atoms with Crippen LogP contribution in [0.1, 0.15) is 39.2 Å². The summed E-state index contributed by atoms with van der Waals surface area (Å²) in [5.74, 6) is 0.813. The second-order valence-corrected chi connectivity index (χ2v) is 8.54. The Labute approximate surface area is 187 Å². The third kappa shape index (κ3) is 7.67. The molecule has 0 spiro atoms. The van der Waals surface area contributed by atoms with E-state index in [4.69, 9.17) is 14.2 Å². The molecule has 0 radical (unpaired) electrons. The Kier molecular flexibility index (Phi) is 10.0. The van der Waals surface area contributed by atoms with Gasteiger partial charge in [0.2, 0.25) is 0 Å². The zero-order chi connectivity index (χ0) is 22.7.